The van der Waals surface area contributed by atoms with E-state index in [4.69, 9.17) is 28.0 Å². The summed E-state index contributed by atoms with van der Waals surface area (Å²) in [6.07, 6.45) is 6.11. The molecule has 15 heavy (non-hydrogen) atoms. The fourth-order valence-electron chi connectivity index (χ4n) is 0.776. The summed E-state index contributed by atoms with van der Waals surface area (Å²) >= 11 is 5.73. The molecule has 0 fully saturated rings. The molecule has 6 heteroatoms. The van der Waals surface area contributed by atoms with Crippen LogP contribution in [-0.2, 0) is 4.84 Å². The Labute approximate surface area is 91.0 Å². The molecule has 0 bridgehead atoms. The van der Waals surface area contributed by atoms with E-state index in [1.807, 2.05) is 0 Å². The maximum Gasteiger partial charge on any atom is 0.337 e. The van der Waals surface area contributed by atoms with Crippen molar-refractivity contribution in [2.45, 2.75) is 0 Å². The monoisotopic (exact) mass is 226 g/mol. The number of carboxylic acid groups (broad SMARTS) is 1. The number of nitrogens with one attached hydrogen (secondary N) is 1. The Morgan fingerprint density at radius 1 is 1.80 bits per heavy atom. The largest absolute Gasteiger partial charge is 0.478 e. The highest BCUT2D eigenvalue weighted by Gasteiger charge is 2.07. The Bertz CT molecular complexity index is 414. The second kappa shape index (κ2) is 5.20. The number of hydrogen-bond donors (Lipinski definition) is 2. The smallest absolute Gasteiger partial charge is 0.337 e. The minimum absolute atomic E-state index is 0.00231. The average Bonchev–Trinajstić information content (AvgIpc) is 2.20. The van der Waals surface area contributed by atoms with Crippen LogP contribution in [-0.4, -0.2) is 22.7 Å². The predicted octanol–water partition coefficient (Wildman–Crippen LogP) is 1.41. The van der Waals surface area contributed by atoms with Crippen LogP contribution in [0.3, 0.4) is 0 Å². The van der Waals surface area contributed by atoms with E-state index < -0.39 is 5.97 Å². The van der Waals surface area contributed by atoms with Gasteiger partial charge in [-0.05, 0) is 6.07 Å². The number of terminal acetylenes is 1. The normalized spacial score (nSPS) is 9.33. The lowest BCUT2D eigenvalue weighted by atomic mass is 10.3. The van der Waals surface area contributed by atoms with E-state index in [9.17, 15) is 4.79 Å². The van der Waals surface area contributed by atoms with Crippen LogP contribution in [0.25, 0.3) is 0 Å². The predicted molar refractivity (Wildman–Crippen MR) is 54.6 cm³/mol. The second-order valence-electron chi connectivity index (χ2n) is 2.45. The molecule has 1 aromatic heterocycles. The zero-order valence-corrected chi connectivity index (χ0v) is 8.28. The van der Waals surface area contributed by atoms with Crippen LogP contribution in [0.5, 0.6) is 0 Å². The Kier molecular flexibility index (Phi) is 3.92. The van der Waals surface area contributed by atoms with Gasteiger partial charge in [0.25, 0.3) is 0 Å². The Morgan fingerprint density at radius 2 is 2.53 bits per heavy atom. The van der Waals surface area contributed by atoms with Gasteiger partial charge in [0.1, 0.15) is 6.61 Å². The first-order valence-corrected chi connectivity index (χ1v) is 4.23. The quantitative estimate of drug-likeness (QED) is 0.461. The van der Waals surface area contributed by atoms with Crippen molar-refractivity contribution in [1.29, 1.82) is 0 Å². The number of halogens is 1. The molecule has 0 radical (unpaired) electrons. The fourth-order valence-corrected chi connectivity index (χ4v) is 0.981. The molecule has 0 saturated carbocycles. The molecule has 5 nitrogen and oxygen atoms in total. The molecular formula is C9H7ClN2O3. The lowest BCUT2D eigenvalue weighted by Gasteiger charge is -2.05. The summed E-state index contributed by atoms with van der Waals surface area (Å²) in [6.45, 7) is 0.0543. The summed E-state index contributed by atoms with van der Waals surface area (Å²) in [4.78, 5) is 19.1. The molecule has 1 heterocycles. The molecule has 0 atom stereocenters. The molecule has 0 unspecified atom stereocenters. The maximum atomic E-state index is 10.5. The highest BCUT2D eigenvalue weighted by Crippen LogP contribution is 2.19. The Morgan fingerprint density at radius 3 is 3.07 bits per heavy atom. The molecular weight excluding hydrogens is 220 g/mol. The van der Waals surface area contributed by atoms with Gasteiger partial charge in [-0.1, -0.05) is 17.5 Å². The summed E-state index contributed by atoms with van der Waals surface area (Å²) in [5.41, 5.74) is 2.40. The van der Waals surface area contributed by atoms with Crippen molar-refractivity contribution in [2.75, 3.05) is 12.1 Å². The minimum Gasteiger partial charge on any atom is -0.478 e. The molecule has 0 aliphatic rings. The van der Waals surface area contributed by atoms with Crippen molar-refractivity contribution in [1.82, 2.24) is 4.98 Å². The number of carbonyl (C=O) groups is 1. The summed E-state index contributed by atoms with van der Waals surface area (Å²) in [6, 6.07) is 1.26. The van der Waals surface area contributed by atoms with E-state index >= 15 is 0 Å². The van der Waals surface area contributed by atoms with E-state index in [0.717, 1.165) is 6.20 Å². The summed E-state index contributed by atoms with van der Waals surface area (Å²) in [7, 11) is 0. The lowest BCUT2D eigenvalue weighted by Crippen LogP contribution is -2.05. The van der Waals surface area contributed by atoms with Gasteiger partial charge in [0.15, 0.2) is 5.82 Å². The third-order valence-electron chi connectivity index (χ3n) is 1.41. The first kappa shape index (κ1) is 11.3. The molecule has 0 aromatic carbocycles. The van der Waals surface area contributed by atoms with Crippen molar-refractivity contribution in [2.24, 2.45) is 0 Å². The summed E-state index contributed by atoms with van der Waals surface area (Å²) in [5.74, 6) is 1.36. The van der Waals surface area contributed by atoms with E-state index in [0.29, 0.717) is 0 Å². The van der Waals surface area contributed by atoms with Gasteiger partial charge in [-0.3, -0.25) is 4.84 Å². The standard InChI is InChI=1S/C9H7ClN2O3/c1-2-3-15-12-8-7(10)4-6(5-11-8)9(13)14/h1,4-5H,3H2,(H,11,12)(H,13,14). The number of carboxylic acids is 1. The number of nitrogens with zero attached hydrogens (tertiary/aromatic N) is 1. The molecule has 0 aliphatic carbocycles. The fraction of sp³-hybridized carbons (Fsp3) is 0.111. The van der Waals surface area contributed by atoms with Crippen LogP contribution in [0.1, 0.15) is 10.4 Å². The number of hydrogen-bond acceptors (Lipinski definition) is 4. The molecule has 0 saturated heterocycles. The van der Waals surface area contributed by atoms with Crippen LogP contribution in [0.15, 0.2) is 12.3 Å². The van der Waals surface area contributed by atoms with E-state index in [2.05, 4.69) is 16.4 Å². The molecule has 78 valence electrons. The average molecular weight is 227 g/mol. The molecule has 0 spiro atoms. The Hall–Kier alpha value is -1.77. The van der Waals surface area contributed by atoms with Crippen LogP contribution < -0.4 is 5.48 Å². The van der Waals surface area contributed by atoms with Crippen molar-refractivity contribution < 1.29 is 14.7 Å². The molecule has 2 N–H and O–H groups in total. The maximum absolute atomic E-state index is 10.5. The van der Waals surface area contributed by atoms with Gasteiger partial charge in [0.05, 0.1) is 10.6 Å². The van der Waals surface area contributed by atoms with Crippen molar-refractivity contribution >= 4 is 23.4 Å². The topological polar surface area (TPSA) is 71.5 Å². The third kappa shape index (κ3) is 3.13. The molecule has 1 aromatic rings. The van der Waals surface area contributed by atoms with Crippen molar-refractivity contribution in [3.63, 3.8) is 0 Å². The van der Waals surface area contributed by atoms with Gasteiger partial charge >= 0.3 is 5.97 Å². The summed E-state index contributed by atoms with van der Waals surface area (Å²) < 4.78 is 0. The first-order chi connectivity index (χ1) is 7.15. The third-order valence-corrected chi connectivity index (χ3v) is 1.70. The van der Waals surface area contributed by atoms with E-state index in [1.165, 1.54) is 6.07 Å². The number of anilines is 1. The SMILES string of the molecule is C#CCONc1ncc(C(=O)O)cc1Cl. The highest BCUT2D eigenvalue weighted by atomic mass is 35.5. The zero-order chi connectivity index (χ0) is 11.3. The van der Waals surface area contributed by atoms with Gasteiger partial charge in [-0.2, -0.15) is 0 Å². The minimum atomic E-state index is -1.10. The zero-order valence-electron chi connectivity index (χ0n) is 7.53. The molecule has 1 rings (SSSR count). The summed E-state index contributed by atoms with van der Waals surface area (Å²) in [5, 5.41) is 8.78. The van der Waals surface area contributed by atoms with Crippen molar-refractivity contribution in [3.05, 3.63) is 22.8 Å². The number of rotatable bonds is 4. The van der Waals surface area contributed by atoms with Crippen LogP contribution in [0.2, 0.25) is 5.02 Å². The highest BCUT2D eigenvalue weighted by molar-refractivity contribution is 6.33. The molecule has 0 amide bonds. The Balaban J connectivity index is 2.76. The number of pyridine rings is 1. The lowest BCUT2D eigenvalue weighted by molar-refractivity contribution is 0.0696. The number of aromatic nitrogens is 1. The molecule has 0 aliphatic heterocycles. The second-order valence-corrected chi connectivity index (χ2v) is 2.86. The van der Waals surface area contributed by atoms with E-state index in [-0.39, 0.29) is 23.0 Å². The number of aromatic carboxylic acids is 1. The van der Waals surface area contributed by atoms with Crippen LogP contribution in [0, 0.1) is 12.3 Å². The van der Waals surface area contributed by atoms with Gasteiger partial charge in [0.2, 0.25) is 0 Å². The van der Waals surface area contributed by atoms with Crippen LogP contribution in [0.4, 0.5) is 5.82 Å². The first-order valence-electron chi connectivity index (χ1n) is 3.85. The van der Waals surface area contributed by atoms with Crippen LogP contribution >= 0.6 is 11.6 Å². The van der Waals surface area contributed by atoms with Gasteiger partial charge < -0.3 is 5.11 Å². The van der Waals surface area contributed by atoms with Gasteiger partial charge in [0, 0.05) is 6.20 Å². The van der Waals surface area contributed by atoms with E-state index in [1.54, 1.807) is 0 Å². The van der Waals surface area contributed by atoms with Gasteiger partial charge in [-0.25, -0.2) is 15.3 Å². The van der Waals surface area contributed by atoms with Crippen molar-refractivity contribution in [3.8, 4) is 12.3 Å². The van der Waals surface area contributed by atoms with Gasteiger partial charge in [-0.15, -0.1) is 6.42 Å².